The standard InChI is InChI=1S/C28H22FN5O3/c29-19-7-9-20(10-8-19)34-27(35)12-11-26(31-34)32-13-15-33(16-14-32)28(36)22-18-24(25-6-3-17-37-25)30-23-5-2-1-4-21(22)23/h1-12,17-18H,13-16H2. The first kappa shape index (κ1) is 22.7. The molecule has 4 heterocycles. The van der Waals surface area contributed by atoms with Crippen LogP contribution in [0.3, 0.4) is 0 Å². The van der Waals surface area contributed by atoms with Gasteiger partial charge in [0, 0.05) is 37.6 Å². The SMILES string of the molecule is O=C(c1cc(-c2ccco2)nc2ccccc12)N1CCN(c2ccc(=O)n(-c3ccc(F)cc3)n2)CC1. The van der Waals surface area contributed by atoms with E-state index in [9.17, 15) is 14.0 Å². The Bertz CT molecular complexity index is 1640. The fourth-order valence-electron chi connectivity index (χ4n) is 4.55. The van der Waals surface area contributed by atoms with Gasteiger partial charge in [-0.25, -0.2) is 9.37 Å². The van der Waals surface area contributed by atoms with E-state index in [1.54, 1.807) is 24.5 Å². The monoisotopic (exact) mass is 495 g/mol. The zero-order valence-corrected chi connectivity index (χ0v) is 19.8. The number of halogens is 1. The number of fused-ring (bicyclic) bond motifs is 1. The molecule has 0 radical (unpaired) electrons. The maximum Gasteiger partial charge on any atom is 0.271 e. The first-order valence-corrected chi connectivity index (χ1v) is 11.9. The Balaban J connectivity index is 1.24. The number of carbonyl (C=O) groups is 1. The lowest BCUT2D eigenvalue weighted by atomic mass is 10.0. The van der Waals surface area contributed by atoms with Gasteiger partial charge in [0.15, 0.2) is 5.76 Å². The third kappa shape index (κ3) is 4.35. The fourth-order valence-corrected chi connectivity index (χ4v) is 4.55. The number of carbonyl (C=O) groups excluding carboxylic acids is 1. The minimum Gasteiger partial charge on any atom is -0.463 e. The van der Waals surface area contributed by atoms with Gasteiger partial charge in [-0.3, -0.25) is 9.59 Å². The van der Waals surface area contributed by atoms with Crippen LogP contribution in [-0.2, 0) is 0 Å². The van der Waals surface area contributed by atoms with Gasteiger partial charge < -0.3 is 14.2 Å². The number of furan rings is 1. The number of amides is 1. The van der Waals surface area contributed by atoms with Crippen LogP contribution < -0.4 is 10.5 Å². The van der Waals surface area contributed by atoms with Gasteiger partial charge in [-0.2, -0.15) is 4.68 Å². The summed E-state index contributed by atoms with van der Waals surface area (Å²) in [4.78, 5) is 34.6. The van der Waals surface area contributed by atoms with Gasteiger partial charge in [0.05, 0.1) is 23.0 Å². The molecule has 0 bridgehead atoms. The molecule has 9 heteroatoms. The van der Waals surface area contributed by atoms with Crippen molar-refractivity contribution >= 4 is 22.6 Å². The number of hydrogen-bond acceptors (Lipinski definition) is 6. The molecule has 2 aromatic carbocycles. The topological polar surface area (TPSA) is 84.5 Å². The van der Waals surface area contributed by atoms with Gasteiger partial charge in [0.1, 0.15) is 17.3 Å². The molecule has 0 unspecified atom stereocenters. The molecule has 1 aliphatic heterocycles. The minimum absolute atomic E-state index is 0.0738. The van der Waals surface area contributed by atoms with Crippen molar-refractivity contribution in [1.29, 1.82) is 0 Å². The van der Waals surface area contributed by atoms with Crippen LogP contribution in [0.5, 0.6) is 0 Å². The van der Waals surface area contributed by atoms with E-state index in [0.717, 1.165) is 10.9 Å². The molecule has 1 fully saturated rings. The van der Waals surface area contributed by atoms with Crippen LogP contribution in [0.1, 0.15) is 10.4 Å². The quantitative estimate of drug-likeness (QED) is 0.373. The summed E-state index contributed by atoms with van der Waals surface area (Å²) in [5.74, 6) is 0.764. The molecule has 37 heavy (non-hydrogen) atoms. The van der Waals surface area contributed by atoms with E-state index in [0.29, 0.717) is 54.7 Å². The van der Waals surface area contributed by atoms with Crippen LogP contribution in [0.4, 0.5) is 10.2 Å². The maximum absolute atomic E-state index is 13.6. The largest absolute Gasteiger partial charge is 0.463 e. The predicted molar refractivity (Wildman–Crippen MR) is 137 cm³/mol. The molecule has 3 aromatic heterocycles. The van der Waals surface area contributed by atoms with E-state index in [-0.39, 0.29) is 17.3 Å². The number of nitrogens with zero attached hydrogens (tertiary/aromatic N) is 5. The van der Waals surface area contributed by atoms with Gasteiger partial charge in [-0.1, -0.05) is 18.2 Å². The van der Waals surface area contributed by atoms with Crippen molar-refractivity contribution in [3.8, 4) is 17.1 Å². The molecule has 8 nitrogen and oxygen atoms in total. The molecule has 0 N–H and O–H groups in total. The third-order valence-corrected chi connectivity index (χ3v) is 6.47. The molecule has 6 rings (SSSR count). The number of piperazine rings is 1. The summed E-state index contributed by atoms with van der Waals surface area (Å²) < 4.78 is 20.1. The highest BCUT2D eigenvalue weighted by molar-refractivity contribution is 6.07. The lowest BCUT2D eigenvalue weighted by Crippen LogP contribution is -2.49. The second kappa shape index (κ2) is 9.34. The number of para-hydroxylation sites is 1. The average molecular weight is 496 g/mol. The molecule has 0 spiro atoms. The summed E-state index contributed by atoms with van der Waals surface area (Å²) in [6.07, 6.45) is 1.58. The Morgan fingerprint density at radius 2 is 1.68 bits per heavy atom. The molecule has 1 saturated heterocycles. The molecule has 184 valence electrons. The van der Waals surface area contributed by atoms with E-state index in [4.69, 9.17) is 4.42 Å². The summed E-state index contributed by atoms with van der Waals surface area (Å²) in [5, 5.41) is 5.28. The van der Waals surface area contributed by atoms with Gasteiger partial charge >= 0.3 is 0 Å². The van der Waals surface area contributed by atoms with Crippen LogP contribution in [0.25, 0.3) is 28.0 Å². The summed E-state index contributed by atoms with van der Waals surface area (Å²) in [7, 11) is 0. The van der Waals surface area contributed by atoms with Gasteiger partial charge in [0.25, 0.3) is 11.5 Å². The molecule has 0 aliphatic carbocycles. The smallest absolute Gasteiger partial charge is 0.271 e. The molecular formula is C28H22FN5O3. The first-order valence-electron chi connectivity index (χ1n) is 11.9. The minimum atomic E-state index is -0.382. The number of hydrogen-bond donors (Lipinski definition) is 0. The highest BCUT2D eigenvalue weighted by atomic mass is 19.1. The molecule has 0 saturated carbocycles. The Labute approximate surface area is 211 Å². The summed E-state index contributed by atoms with van der Waals surface area (Å²) >= 11 is 0. The van der Waals surface area contributed by atoms with Crippen molar-refractivity contribution in [3.63, 3.8) is 0 Å². The van der Waals surface area contributed by atoms with Crippen LogP contribution >= 0.6 is 0 Å². The van der Waals surface area contributed by atoms with E-state index in [1.807, 2.05) is 40.1 Å². The summed E-state index contributed by atoms with van der Waals surface area (Å²) in [6.45, 7) is 2.08. The number of benzene rings is 2. The van der Waals surface area contributed by atoms with Crippen molar-refractivity contribution in [1.82, 2.24) is 19.7 Å². The molecule has 0 atom stereocenters. The Morgan fingerprint density at radius 3 is 2.43 bits per heavy atom. The summed E-state index contributed by atoms with van der Waals surface area (Å²) in [5.41, 5.74) is 2.09. The normalized spacial score (nSPS) is 13.8. The zero-order valence-electron chi connectivity index (χ0n) is 19.8. The van der Waals surface area contributed by atoms with E-state index in [1.165, 1.54) is 35.0 Å². The highest BCUT2D eigenvalue weighted by Gasteiger charge is 2.25. The van der Waals surface area contributed by atoms with E-state index >= 15 is 0 Å². The van der Waals surface area contributed by atoms with Crippen molar-refractivity contribution < 1.29 is 13.6 Å². The number of anilines is 1. The Morgan fingerprint density at radius 1 is 0.892 bits per heavy atom. The van der Waals surface area contributed by atoms with Crippen molar-refractivity contribution in [2.75, 3.05) is 31.1 Å². The third-order valence-electron chi connectivity index (χ3n) is 6.47. The van der Waals surface area contributed by atoms with Gasteiger partial charge in [-0.05, 0) is 54.6 Å². The second-order valence-electron chi connectivity index (χ2n) is 8.75. The Kier molecular flexibility index (Phi) is 5.72. The maximum atomic E-state index is 13.6. The number of pyridine rings is 1. The molecule has 1 aliphatic rings. The number of aromatic nitrogens is 3. The van der Waals surface area contributed by atoms with E-state index < -0.39 is 0 Å². The summed E-state index contributed by atoms with van der Waals surface area (Å²) in [6, 6.07) is 21.7. The van der Waals surface area contributed by atoms with Crippen molar-refractivity contribution in [2.45, 2.75) is 0 Å². The molecular weight excluding hydrogens is 473 g/mol. The van der Waals surface area contributed by atoms with Crippen molar-refractivity contribution in [3.05, 3.63) is 107 Å². The van der Waals surface area contributed by atoms with Gasteiger partial charge in [0.2, 0.25) is 0 Å². The van der Waals surface area contributed by atoms with Crippen LogP contribution in [0, 0.1) is 5.82 Å². The zero-order chi connectivity index (χ0) is 25.4. The van der Waals surface area contributed by atoms with Crippen LogP contribution in [0.15, 0.2) is 94.3 Å². The molecule has 1 amide bonds. The molecule has 5 aromatic rings. The number of rotatable bonds is 4. The highest BCUT2D eigenvalue weighted by Crippen LogP contribution is 2.27. The van der Waals surface area contributed by atoms with E-state index in [2.05, 4.69) is 10.1 Å². The van der Waals surface area contributed by atoms with Crippen LogP contribution in [0.2, 0.25) is 0 Å². The first-order chi connectivity index (χ1) is 18.1. The Hall–Kier alpha value is -4.79. The lowest BCUT2D eigenvalue weighted by Gasteiger charge is -2.35. The second-order valence-corrected chi connectivity index (χ2v) is 8.75. The lowest BCUT2D eigenvalue weighted by molar-refractivity contribution is 0.0748. The predicted octanol–water partition coefficient (Wildman–Crippen LogP) is 4.14. The average Bonchev–Trinajstić information content (AvgIpc) is 3.48. The fraction of sp³-hybridized carbons (Fsp3) is 0.143. The van der Waals surface area contributed by atoms with Gasteiger partial charge in [-0.15, -0.1) is 5.10 Å². The van der Waals surface area contributed by atoms with Crippen LogP contribution in [-0.4, -0.2) is 51.8 Å². The van der Waals surface area contributed by atoms with Crippen molar-refractivity contribution in [2.24, 2.45) is 0 Å².